The number of aliphatic carboxylic acids is 1. The summed E-state index contributed by atoms with van der Waals surface area (Å²) in [5.41, 5.74) is 9.99. The van der Waals surface area contributed by atoms with Crippen LogP contribution in [0.1, 0.15) is 118 Å². The van der Waals surface area contributed by atoms with Crippen molar-refractivity contribution in [1.82, 2.24) is 4.57 Å². The molecule has 4 rings (SSSR count). The van der Waals surface area contributed by atoms with Crippen LogP contribution in [0.5, 0.6) is 0 Å². The van der Waals surface area contributed by atoms with Crippen LogP contribution in [-0.4, -0.2) is 21.6 Å². The van der Waals surface area contributed by atoms with Crippen molar-refractivity contribution in [3.63, 3.8) is 0 Å². The summed E-state index contributed by atoms with van der Waals surface area (Å²) in [6.45, 7) is 23.4. The zero-order chi connectivity index (χ0) is 41.6. The molecule has 0 bridgehead atoms. The van der Waals surface area contributed by atoms with E-state index in [0.717, 1.165) is 53.2 Å². The molecule has 0 aliphatic heterocycles. The summed E-state index contributed by atoms with van der Waals surface area (Å²) < 4.78 is 32.4. The number of ketones is 1. The van der Waals surface area contributed by atoms with E-state index < -0.39 is 22.8 Å². The number of fused-ring (bicyclic) bond motifs is 1. The number of hydrogen-bond donors (Lipinski definition) is 0. The Morgan fingerprint density at radius 1 is 0.732 bits per heavy atom. The first-order chi connectivity index (χ1) is 24.3. The maximum absolute atomic E-state index is 14.2. The van der Waals surface area contributed by atoms with Gasteiger partial charge in [0.15, 0.2) is 11.2 Å². The topological polar surface area (TPSA) is 96.3 Å². The van der Waals surface area contributed by atoms with Gasteiger partial charge in [-0.05, 0) is 157 Å². The number of pyridine rings is 1. The summed E-state index contributed by atoms with van der Waals surface area (Å²) in [6.07, 6.45) is 3.72. The maximum Gasteiger partial charge on any atom is 1.00 e. The third kappa shape index (κ3) is 13.3. The van der Waals surface area contributed by atoms with Gasteiger partial charge in [-0.25, -0.2) is 8.78 Å². The molecule has 0 N–H and O–H groups in total. The second kappa shape index (κ2) is 25.3. The van der Waals surface area contributed by atoms with Crippen LogP contribution in [0.25, 0.3) is 10.9 Å². The molecule has 1 aromatic heterocycles. The minimum Gasteiger partial charge on any atom is -0.550 e. The molecular weight excluding hydrogens is 963 g/mol. The van der Waals surface area contributed by atoms with Crippen LogP contribution in [-0.2, 0) is 11.8 Å². The molecule has 13 heteroatoms. The Morgan fingerprint density at radius 3 is 1.46 bits per heavy atom. The summed E-state index contributed by atoms with van der Waals surface area (Å²) in [5, 5.41) is 9.36. The summed E-state index contributed by atoms with van der Waals surface area (Å²) in [5.74, 6) is -2.20. The van der Waals surface area contributed by atoms with Gasteiger partial charge in [0.25, 0.3) is 5.24 Å². The van der Waals surface area contributed by atoms with E-state index in [2.05, 4.69) is 47.8 Å². The van der Waals surface area contributed by atoms with E-state index in [4.69, 9.17) is 11.6 Å². The summed E-state index contributed by atoms with van der Waals surface area (Å²) in [7, 11) is 1.99. The molecule has 0 aliphatic carbocycles. The fourth-order valence-corrected chi connectivity index (χ4v) is 7.08. The van der Waals surface area contributed by atoms with Gasteiger partial charge in [0.1, 0.15) is 11.6 Å². The Morgan fingerprint density at radius 2 is 1.09 bits per heavy atom. The summed E-state index contributed by atoms with van der Waals surface area (Å²) in [4.78, 5) is 44.7. The molecule has 6 nitrogen and oxygen atoms in total. The minimum absolute atomic E-state index is 0. The van der Waals surface area contributed by atoms with Crippen molar-refractivity contribution < 1.29 is 79.7 Å². The van der Waals surface area contributed by atoms with Gasteiger partial charge in [-0.3, -0.25) is 14.4 Å². The average Bonchev–Trinajstić information content (AvgIpc) is 3.11. The number of halogens is 6. The van der Waals surface area contributed by atoms with Crippen LogP contribution < -0.4 is 61.9 Å². The zero-order valence-electron chi connectivity index (χ0n) is 33.6. The number of allylic oxidation sites excluding steroid dienone is 2. The summed E-state index contributed by atoms with van der Waals surface area (Å²) in [6, 6.07) is 0. The molecule has 4 aromatic rings. The number of rotatable bonds is 4. The number of aromatic nitrogens is 1. The first-order valence-corrected chi connectivity index (χ1v) is 19.3. The molecule has 0 aliphatic rings. The number of nitrogens with zero attached hydrogens (tertiary/aromatic N) is 1. The van der Waals surface area contributed by atoms with Gasteiger partial charge in [-0.1, -0.05) is 75.6 Å². The fraction of sp³-hybridized carbons (Fsp3) is 0.395. The normalized spacial score (nSPS) is 10.2. The van der Waals surface area contributed by atoms with Crippen molar-refractivity contribution in [3.05, 3.63) is 120 Å². The largest absolute Gasteiger partial charge is 1.00 e. The van der Waals surface area contributed by atoms with E-state index in [1.807, 2.05) is 59.4 Å². The molecule has 1 heterocycles. The van der Waals surface area contributed by atoms with Crippen LogP contribution in [0.2, 0.25) is 0 Å². The van der Waals surface area contributed by atoms with Crippen molar-refractivity contribution in [2.75, 3.05) is 0 Å². The van der Waals surface area contributed by atoms with E-state index in [0.29, 0.717) is 32.3 Å². The quantitative estimate of drug-likeness (QED) is 0.0879. The van der Waals surface area contributed by atoms with Crippen molar-refractivity contribution in [3.8, 4) is 0 Å². The minimum atomic E-state index is -0.995. The molecule has 0 saturated carbocycles. The molecule has 0 fully saturated rings. The van der Waals surface area contributed by atoms with E-state index in [9.17, 15) is 33.1 Å². The van der Waals surface area contributed by atoms with Crippen molar-refractivity contribution in [1.29, 1.82) is 0 Å². The zero-order valence-corrected chi connectivity index (χ0v) is 42.3. The molecule has 0 saturated heterocycles. The first-order valence-electron chi connectivity index (χ1n) is 16.5. The number of carboxylic acid groups (broad SMARTS) is 1. The first kappa shape index (κ1) is 59.0. The molecule has 304 valence electrons. The van der Waals surface area contributed by atoms with E-state index in [1.54, 1.807) is 47.6 Å². The second-order valence-corrected chi connectivity index (χ2v) is 15.4. The number of hydrogen-bond acceptors (Lipinski definition) is 5. The van der Waals surface area contributed by atoms with Crippen LogP contribution in [0.4, 0.5) is 8.78 Å². The Balaban J connectivity index is -0.000000694. The molecule has 0 atom stereocenters. The fourth-order valence-electron chi connectivity index (χ4n) is 5.43. The number of benzene rings is 3. The Kier molecular flexibility index (Phi) is 26.6. The third-order valence-electron chi connectivity index (χ3n) is 9.31. The molecule has 0 spiro atoms. The molecule has 0 amide bonds. The van der Waals surface area contributed by atoms with Crippen LogP contribution in [0.15, 0.2) is 36.1 Å². The molecule has 3 aromatic carbocycles. The SMILES string of the molecule is C.C.C/C=C(\C)C(=O)c1c(C)c(C)c(Br)c(C)c1F.CCC(=O)[O-].Cc1c(Br)c(C)c2c(c1C)c(=O)c(C)cn2C.Cc1c(C)c(C(=O)Cl)c(F)c(C)c1Br.[K+]. The Hall–Kier alpha value is -1.35. The smallest absolute Gasteiger partial charge is 0.550 e. The van der Waals surface area contributed by atoms with Gasteiger partial charge in [-0.15, -0.1) is 0 Å². The predicted molar refractivity (Wildman–Crippen MR) is 235 cm³/mol. The standard InChI is InChI=1S/C14H16BrFO.C14H16BrNO.C10H9BrClFO.C3H6O2.2CH4.K/c1-6-7(2)14(17)11-8(3)9(4)12(15)10(5)13(11)16;1-7-6-16(5)13-10(4)12(15)9(3)8(2)11(13)14(7)17;1-4-5(2)8(11)6(3)9(13)7(4)10(12)14;1-2-3(4)5;;;/h2*6H,1-5H3;1-3H3;2H2,1H3,(H,4,5);2*1H4;/q;;;;;;+1/p-1/b7-6+;;;;;;. The van der Waals surface area contributed by atoms with Gasteiger partial charge in [0.2, 0.25) is 0 Å². The average molecular weight is 1020 g/mol. The van der Waals surface area contributed by atoms with Gasteiger partial charge in [0.05, 0.1) is 16.6 Å². The van der Waals surface area contributed by atoms with Gasteiger partial charge in [0, 0.05) is 43.6 Å². The molecular formula is C43H54Br3ClF2KNO5. The van der Waals surface area contributed by atoms with E-state index in [-0.39, 0.29) is 95.0 Å². The molecule has 0 radical (unpaired) electrons. The summed E-state index contributed by atoms with van der Waals surface area (Å²) >= 11 is 15.6. The Bertz CT molecular complexity index is 2160. The number of carboxylic acids is 1. The van der Waals surface area contributed by atoms with Crippen LogP contribution >= 0.6 is 59.4 Å². The van der Waals surface area contributed by atoms with Crippen molar-refractivity contribution >= 4 is 87.3 Å². The maximum atomic E-state index is 14.2. The number of carbonyl (C=O) groups excluding carboxylic acids is 3. The third-order valence-corrected chi connectivity index (χ3v) is 13.1. The predicted octanol–water partition coefficient (Wildman–Crippen LogP) is 9.51. The number of aryl methyl sites for hydroxylation is 4. The van der Waals surface area contributed by atoms with Gasteiger partial charge in [-0.2, -0.15) is 0 Å². The molecule has 0 unspecified atom stereocenters. The van der Waals surface area contributed by atoms with Gasteiger partial charge >= 0.3 is 51.4 Å². The van der Waals surface area contributed by atoms with Crippen molar-refractivity contribution in [2.24, 2.45) is 7.05 Å². The second-order valence-electron chi connectivity index (χ2n) is 12.7. The number of Topliss-reactive ketones (excluding diaryl/α,β-unsaturated/α-hetero) is 1. The van der Waals surface area contributed by atoms with E-state index in [1.165, 1.54) is 6.92 Å². The van der Waals surface area contributed by atoms with Crippen molar-refractivity contribution in [2.45, 2.75) is 111 Å². The van der Waals surface area contributed by atoms with Crippen LogP contribution in [0, 0.1) is 80.9 Å². The van der Waals surface area contributed by atoms with Gasteiger partial charge < -0.3 is 14.5 Å². The van der Waals surface area contributed by atoms with E-state index >= 15 is 0 Å². The van der Waals surface area contributed by atoms with Crippen LogP contribution in [0.3, 0.4) is 0 Å². The monoisotopic (exact) mass is 1010 g/mol. The number of carbonyl (C=O) groups is 3. The molecule has 56 heavy (non-hydrogen) atoms. The Labute approximate surface area is 405 Å².